The van der Waals surface area contributed by atoms with Crippen molar-refractivity contribution in [3.05, 3.63) is 84.2 Å². The van der Waals surface area contributed by atoms with Crippen molar-refractivity contribution in [2.24, 2.45) is 0 Å². The van der Waals surface area contributed by atoms with Crippen LogP contribution in [-0.2, 0) is 11.2 Å². The van der Waals surface area contributed by atoms with E-state index in [0.29, 0.717) is 6.42 Å². The third-order valence-corrected chi connectivity index (χ3v) is 5.73. The maximum absolute atomic E-state index is 12.4. The Balaban J connectivity index is 1.26. The molecule has 4 rings (SSSR count). The Morgan fingerprint density at radius 2 is 1.52 bits per heavy atom. The van der Waals surface area contributed by atoms with E-state index in [1.54, 1.807) is 12.4 Å². The lowest BCUT2D eigenvalue weighted by molar-refractivity contribution is -0.121. The van der Waals surface area contributed by atoms with E-state index in [-0.39, 0.29) is 18.0 Å². The van der Waals surface area contributed by atoms with Gasteiger partial charge in [-0.2, -0.15) is 0 Å². The number of nitrogens with one attached hydrogen (secondary N) is 3. The number of urea groups is 1. The molecule has 1 fully saturated rings. The van der Waals surface area contributed by atoms with Gasteiger partial charge in [0.25, 0.3) is 0 Å². The first-order valence-electron chi connectivity index (χ1n) is 11.3. The molecule has 1 aliphatic rings. The van der Waals surface area contributed by atoms with Crippen molar-refractivity contribution >= 4 is 29.0 Å². The molecule has 1 unspecified atom stereocenters. The third-order valence-electron chi connectivity index (χ3n) is 5.73. The second kappa shape index (κ2) is 10.6. The molecule has 2 aromatic carbocycles. The number of pyridine rings is 1. The first-order valence-corrected chi connectivity index (χ1v) is 11.3. The summed E-state index contributed by atoms with van der Waals surface area (Å²) in [5, 5.41) is 8.80. The van der Waals surface area contributed by atoms with Crippen LogP contribution in [0.25, 0.3) is 0 Å². The van der Waals surface area contributed by atoms with E-state index >= 15 is 0 Å². The quantitative estimate of drug-likeness (QED) is 0.505. The number of anilines is 3. The van der Waals surface area contributed by atoms with Crippen LogP contribution in [0.1, 0.15) is 30.9 Å². The molecule has 7 heteroatoms. The van der Waals surface area contributed by atoms with Crippen LogP contribution in [0.3, 0.4) is 0 Å². The van der Waals surface area contributed by atoms with E-state index in [9.17, 15) is 9.59 Å². The van der Waals surface area contributed by atoms with Crippen LogP contribution in [0.5, 0.6) is 0 Å². The van der Waals surface area contributed by atoms with Gasteiger partial charge in [-0.25, -0.2) is 4.79 Å². The van der Waals surface area contributed by atoms with Gasteiger partial charge < -0.3 is 20.9 Å². The Labute approximate surface area is 194 Å². The van der Waals surface area contributed by atoms with E-state index in [2.05, 4.69) is 25.8 Å². The molecular formula is C26H29N5O2. The van der Waals surface area contributed by atoms with Gasteiger partial charge in [0.15, 0.2) is 0 Å². The molecule has 2 heterocycles. The summed E-state index contributed by atoms with van der Waals surface area (Å²) in [4.78, 5) is 30.3. The fourth-order valence-electron chi connectivity index (χ4n) is 3.93. The van der Waals surface area contributed by atoms with Crippen molar-refractivity contribution in [2.45, 2.75) is 32.2 Å². The predicted molar refractivity (Wildman–Crippen MR) is 132 cm³/mol. The number of nitrogens with zero attached hydrogens (tertiary/aromatic N) is 2. The van der Waals surface area contributed by atoms with Crippen LogP contribution in [0.2, 0.25) is 0 Å². The highest BCUT2D eigenvalue weighted by atomic mass is 16.2. The number of amides is 3. The normalized spacial score (nSPS) is 15.2. The topological polar surface area (TPSA) is 86.4 Å². The van der Waals surface area contributed by atoms with Crippen LogP contribution >= 0.6 is 0 Å². The Hall–Kier alpha value is -3.87. The highest BCUT2D eigenvalue weighted by Gasteiger charge is 2.23. The molecule has 0 saturated carbocycles. The van der Waals surface area contributed by atoms with Gasteiger partial charge in [-0.15, -0.1) is 0 Å². The molecule has 3 amide bonds. The minimum Gasteiger partial charge on any atom is -0.369 e. The molecule has 33 heavy (non-hydrogen) atoms. The molecule has 170 valence electrons. The monoisotopic (exact) mass is 443 g/mol. The molecule has 0 aliphatic carbocycles. The summed E-state index contributed by atoms with van der Waals surface area (Å²) in [6.45, 7) is 3.57. The van der Waals surface area contributed by atoms with Gasteiger partial charge in [0.1, 0.15) is 0 Å². The predicted octanol–water partition coefficient (Wildman–Crippen LogP) is 4.42. The van der Waals surface area contributed by atoms with E-state index < -0.39 is 0 Å². The lowest BCUT2D eigenvalue weighted by Gasteiger charge is -2.19. The average Bonchev–Trinajstić information content (AvgIpc) is 3.30. The van der Waals surface area contributed by atoms with Gasteiger partial charge in [0, 0.05) is 55.0 Å². The third kappa shape index (κ3) is 6.32. The van der Waals surface area contributed by atoms with Crippen molar-refractivity contribution in [3.8, 4) is 0 Å². The molecular weight excluding hydrogens is 414 g/mol. The van der Waals surface area contributed by atoms with Crippen molar-refractivity contribution < 1.29 is 9.59 Å². The van der Waals surface area contributed by atoms with Gasteiger partial charge in [-0.3, -0.25) is 9.78 Å². The molecule has 3 aromatic rings. The van der Waals surface area contributed by atoms with Gasteiger partial charge in [-0.1, -0.05) is 19.1 Å². The molecule has 1 aliphatic heterocycles. The minimum absolute atomic E-state index is 0.0933. The van der Waals surface area contributed by atoms with Gasteiger partial charge >= 0.3 is 6.03 Å². The largest absolute Gasteiger partial charge is 0.369 e. The minimum atomic E-state index is -0.284. The van der Waals surface area contributed by atoms with E-state index in [4.69, 9.17) is 0 Å². The SMILES string of the molecule is CCC(=O)NC1CCN(c2ccc(NC(=O)Nc3ccc(Cc4ccncc4)cc3)cc2)C1. The zero-order valence-electron chi connectivity index (χ0n) is 18.8. The Morgan fingerprint density at radius 1 is 0.909 bits per heavy atom. The summed E-state index contributed by atoms with van der Waals surface area (Å²) in [6, 6.07) is 19.5. The van der Waals surface area contributed by atoms with E-state index in [0.717, 1.165) is 43.0 Å². The second-order valence-electron chi connectivity index (χ2n) is 8.21. The smallest absolute Gasteiger partial charge is 0.323 e. The number of carbonyl (C=O) groups excluding carboxylic acids is 2. The number of hydrogen-bond acceptors (Lipinski definition) is 4. The van der Waals surface area contributed by atoms with Gasteiger partial charge in [-0.05, 0) is 72.5 Å². The summed E-state index contributed by atoms with van der Waals surface area (Å²) in [5.41, 5.74) is 4.91. The first kappa shape index (κ1) is 22.3. The molecule has 1 atom stereocenters. The molecule has 0 bridgehead atoms. The van der Waals surface area contributed by atoms with Crippen LogP contribution in [0.15, 0.2) is 73.1 Å². The number of aromatic nitrogens is 1. The molecule has 7 nitrogen and oxygen atoms in total. The number of rotatable bonds is 7. The highest BCUT2D eigenvalue weighted by Crippen LogP contribution is 2.23. The fourth-order valence-corrected chi connectivity index (χ4v) is 3.93. The summed E-state index contributed by atoms with van der Waals surface area (Å²) in [7, 11) is 0. The standard InChI is InChI=1S/C26H29N5O2/c1-2-25(32)28-23-13-16-31(18-23)24-9-7-22(8-10-24)30-26(33)29-21-5-3-19(4-6-21)17-20-11-14-27-15-12-20/h3-12,14-15,23H,2,13,16-18H2,1H3,(H,28,32)(H2,29,30,33). The van der Waals surface area contributed by atoms with E-state index in [1.807, 2.05) is 67.6 Å². The zero-order valence-corrected chi connectivity index (χ0v) is 18.8. The van der Waals surface area contributed by atoms with Crippen LogP contribution < -0.4 is 20.9 Å². The van der Waals surface area contributed by atoms with Gasteiger partial charge in [0.05, 0.1) is 0 Å². The summed E-state index contributed by atoms with van der Waals surface area (Å²) in [5.74, 6) is 0.0933. The molecule has 0 radical (unpaired) electrons. The molecule has 1 aromatic heterocycles. The number of benzene rings is 2. The van der Waals surface area contributed by atoms with Crippen molar-refractivity contribution in [1.82, 2.24) is 10.3 Å². The Morgan fingerprint density at radius 3 is 2.15 bits per heavy atom. The average molecular weight is 444 g/mol. The molecule has 1 saturated heterocycles. The zero-order chi connectivity index (χ0) is 23.0. The van der Waals surface area contributed by atoms with Crippen LogP contribution in [0, 0.1) is 0 Å². The maximum Gasteiger partial charge on any atom is 0.323 e. The summed E-state index contributed by atoms with van der Waals surface area (Å²) < 4.78 is 0. The van der Waals surface area contributed by atoms with Gasteiger partial charge in [0.2, 0.25) is 5.91 Å². The fraction of sp³-hybridized carbons (Fsp3) is 0.269. The van der Waals surface area contributed by atoms with Crippen LogP contribution in [-0.4, -0.2) is 36.1 Å². The first-order chi connectivity index (χ1) is 16.1. The van der Waals surface area contributed by atoms with Crippen molar-refractivity contribution in [3.63, 3.8) is 0 Å². The van der Waals surface area contributed by atoms with Crippen molar-refractivity contribution in [2.75, 3.05) is 28.6 Å². The Kier molecular flexibility index (Phi) is 7.19. The van der Waals surface area contributed by atoms with Crippen LogP contribution in [0.4, 0.5) is 21.9 Å². The highest BCUT2D eigenvalue weighted by molar-refractivity contribution is 5.99. The van der Waals surface area contributed by atoms with Crippen molar-refractivity contribution in [1.29, 1.82) is 0 Å². The summed E-state index contributed by atoms with van der Waals surface area (Å²) in [6.07, 6.45) is 5.85. The maximum atomic E-state index is 12.4. The Bertz CT molecular complexity index is 1070. The molecule has 0 spiro atoms. The lowest BCUT2D eigenvalue weighted by Crippen LogP contribution is -2.36. The van der Waals surface area contributed by atoms with E-state index in [1.165, 1.54) is 11.1 Å². The molecule has 3 N–H and O–H groups in total. The second-order valence-corrected chi connectivity index (χ2v) is 8.21. The lowest BCUT2D eigenvalue weighted by atomic mass is 10.1. The summed E-state index contributed by atoms with van der Waals surface area (Å²) >= 11 is 0. The number of hydrogen-bond donors (Lipinski definition) is 3. The number of carbonyl (C=O) groups is 2.